The van der Waals surface area contributed by atoms with Crippen LogP contribution in [0.25, 0.3) is 11.1 Å². The molecule has 4 rings (SSSR count). The fraction of sp³-hybridized carbons (Fsp3) is 0.296. The van der Waals surface area contributed by atoms with Gasteiger partial charge in [-0.15, -0.1) is 13.2 Å². The molecule has 182 valence electrons. The molecule has 0 bridgehead atoms. The number of hydrogen-bond acceptors (Lipinski definition) is 3. The number of nitrogens with one attached hydrogen (secondary N) is 1. The molecule has 0 saturated heterocycles. The minimum absolute atomic E-state index is 0.192. The molecule has 1 aliphatic rings. The third-order valence-electron chi connectivity index (χ3n) is 5.80. The number of rotatable bonds is 6. The number of benzene rings is 2. The van der Waals surface area contributed by atoms with Crippen molar-refractivity contribution in [2.45, 2.75) is 45.6 Å². The SMILES string of the molecule is Cc1[nH]c(C)c(-c2ccc(C#CCN(Cc3ccc(OC(F)(F)F)cc3)C3CC3)cc2)c(=O)c1Cl. The Kier molecular flexibility index (Phi) is 7.25. The molecule has 8 heteroatoms. The fourth-order valence-corrected chi connectivity index (χ4v) is 4.09. The van der Waals surface area contributed by atoms with Gasteiger partial charge in [0.2, 0.25) is 5.43 Å². The molecule has 1 aliphatic carbocycles. The standard InChI is InChI=1S/C27H24ClF3N2O2/c1-17-24(26(34)25(28)18(2)32-17)21-9-5-19(6-10-21)4-3-15-33(22-11-12-22)16-20-7-13-23(14-8-20)35-27(29,30)31/h5-10,13-14,22H,11-12,15-16H2,1-2H3,(H,32,34). The molecule has 1 heterocycles. The summed E-state index contributed by atoms with van der Waals surface area (Å²) in [6, 6.07) is 13.8. The molecule has 0 atom stereocenters. The maximum atomic E-state index is 12.6. The van der Waals surface area contributed by atoms with Crippen LogP contribution in [0.1, 0.15) is 35.4 Å². The van der Waals surface area contributed by atoms with Crippen LogP contribution in [0.15, 0.2) is 53.3 Å². The molecule has 1 N–H and O–H groups in total. The van der Waals surface area contributed by atoms with Crippen LogP contribution in [0, 0.1) is 25.7 Å². The van der Waals surface area contributed by atoms with Crippen molar-refractivity contribution in [3.63, 3.8) is 0 Å². The molecule has 0 unspecified atom stereocenters. The molecule has 0 radical (unpaired) electrons. The number of alkyl halides is 3. The van der Waals surface area contributed by atoms with Gasteiger partial charge in [0.15, 0.2) is 0 Å². The van der Waals surface area contributed by atoms with Crippen molar-refractivity contribution >= 4 is 11.6 Å². The molecule has 1 fully saturated rings. The number of aryl methyl sites for hydroxylation is 2. The Morgan fingerprint density at radius 2 is 1.71 bits per heavy atom. The average Bonchev–Trinajstić information content (AvgIpc) is 3.64. The summed E-state index contributed by atoms with van der Waals surface area (Å²) in [7, 11) is 0. The highest BCUT2D eigenvalue weighted by Crippen LogP contribution is 2.29. The van der Waals surface area contributed by atoms with Crippen LogP contribution >= 0.6 is 11.6 Å². The summed E-state index contributed by atoms with van der Waals surface area (Å²) < 4.78 is 41.0. The Morgan fingerprint density at radius 1 is 1.06 bits per heavy atom. The van der Waals surface area contributed by atoms with Crippen molar-refractivity contribution in [2.75, 3.05) is 6.54 Å². The number of nitrogens with zero attached hydrogens (tertiary/aromatic N) is 1. The van der Waals surface area contributed by atoms with E-state index in [0.717, 1.165) is 35.2 Å². The topological polar surface area (TPSA) is 45.3 Å². The molecule has 4 nitrogen and oxygen atoms in total. The number of aromatic nitrogens is 1. The Balaban J connectivity index is 1.42. The smallest absolute Gasteiger partial charge is 0.406 e. The molecule has 3 aromatic rings. The van der Waals surface area contributed by atoms with E-state index in [9.17, 15) is 18.0 Å². The van der Waals surface area contributed by atoms with Crippen LogP contribution in [0.4, 0.5) is 13.2 Å². The van der Waals surface area contributed by atoms with E-state index in [2.05, 4.69) is 26.5 Å². The summed E-state index contributed by atoms with van der Waals surface area (Å²) in [6.07, 6.45) is -2.53. The van der Waals surface area contributed by atoms with Gasteiger partial charge in [-0.1, -0.05) is 47.7 Å². The highest BCUT2D eigenvalue weighted by atomic mass is 35.5. The quantitative estimate of drug-likeness (QED) is 0.408. The van der Waals surface area contributed by atoms with Gasteiger partial charge in [-0.2, -0.15) is 0 Å². The predicted octanol–water partition coefficient (Wildman–Crippen LogP) is 6.23. The first-order valence-electron chi connectivity index (χ1n) is 11.2. The zero-order valence-electron chi connectivity index (χ0n) is 19.3. The van der Waals surface area contributed by atoms with Gasteiger partial charge in [-0.3, -0.25) is 9.69 Å². The summed E-state index contributed by atoms with van der Waals surface area (Å²) in [6.45, 7) is 4.75. The lowest BCUT2D eigenvalue weighted by atomic mass is 10.0. The average molecular weight is 501 g/mol. The molecular formula is C27H24ClF3N2O2. The number of ether oxygens (including phenoxy) is 1. The largest absolute Gasteiger partial charge is 0.573 e. The highest BCUT2D eigenvalue weighted by Gasteiger charge is 2.31. The molecule has 0 spiro atoms. The van der Waals surface area contributed by atoms with Gasteiger partial charge in [0, 0.05) is 35.1 Å². The zero-order chi connectivity index (χ0) is 25.2. The third kappa shape index (κ3) is 6.47. The Bertz CT molecular complexity index is 1320. The summed E-state index contributed by atoms with van der Waals surface area (Å²) >= 11 is 6.13. The number of aromatic amines is 1. The molecule has 1 saturated carbocycles. The molecule has 0 aliphatic heterocycles. The third-order valence-corrected chi connectivity index (χ3v) is 6.26. The second kappa shape index (κ2) is 10.2. The van der Waals surface area contributed by atoms with Crippen LogP contribution in [-0.2, 0) is 6.54 Å². The number of halogens is 4. The second-order valence-electron chi connectivity index (χ2n) is 8.60. The minimum Gasteiger partial charge on any atom is -0.406 e. The van der Waals surface area contributed by atoms with Crippen LogP contribution in [0.3, 0.4) is 0 Å². The monoisotopic (exact) mass is 500 g/mol. The van der Waals surface area contributed by atoms with Gasteiger partial charge in [-0.25, -0.2) is 0 Å². The summed E-state index contributed by atoms with van der Waals surface area (Å²) in [5.74, 6) is 6.13. The van der Waals surface area contributed by atoms with Gasteiger partial charge in [0.1, 0.15) is 10.8 Å². The Morgan fingerprint density at radius 3 is 2.31 bits per heavy atom. The number of hydrogen-bond donors (Lipinski definition) is 1. The van der Waals surface area contributed by atoms with E-state index < -0.39 is 6.36 Å². The Labute approximate surface area is 206 Å². The van der Waals surface area contributed by atoms with E-state index in [1.807, 2.05) is 31.2 Å². The van der Waals surface area contributed by atoms with E-state index in [1.54, 1.807) is 19.1 Å². The molecular weight excluding hydrogens is 477 g/mol. The van der Waals surface area contributed by atoms with E-state index in [4.69, 9.17) is 11.6 Å². The zero-order valence-corrected chi connectivity index (χ0v) is 20.1. The van der Waals surface area contributed by atoms with Crippen molar-refractivity contribution in [1.29, 1.82) is 0 Å². The van der Waals surface area contributed by atoms with Crippen LogP contribution in [0.2, 0.25) is 5.02 Å². The lowest BCUT2D eigenvalue weighted by Crippen LogP contribution is -2.26. The first-order chi connectivity index (χ1) is 16.6. The summed E-state index contributed by atoms with van der Waals surface area (Å²) in [4.78, 5) is 18.0. The van der Waals surface area contributed by atoms with Crippen molar-refractivity contribution < 1.29 is 17.9 Å². The van der Waals surface area contributed by atoms with Crippen molar-refractivity contribution in [3.8, 4) is 28.7 Å². The van der Waals surface area contributed by atoms with Gasteiger partial charge in [0.25, 0.3) is 0 Å². The second-order valence-corrected chi connectivity index (χ2v) is 8.98. The molecule has 1 aromatic heterocycles. The van der Waals surface area contributed by atoms with Gasteiger partial charge in [-0.05, 0) is 62.1 Å². The van der Waals surface area contributed by atoms with Crippen molar-refractivity contribution in [3.05, 3.63) is 86.3 Å². The molecule has 2 aromatic carbocycles. The van der Waals surface area contributed by atoms with Crippen LogP contribution in [-0.4, -0.2) is 28.8 Å². The minimum atomic E-state index is -4.70. The summed E-state index contributed by atoms with van der Waals surface area (Å²) in [5.41, 5.74) is 4.25. The van der Waals surface area contributed by atoms with E-state index in [-0.39, 0.29) is 16.2 Å². The fourth-order valence-electron chi connectivity index (χ4n) is 3.94. The van der Waals surface area contributed by atoms with Gasteiger partial charge < -0.3 is 9.72 Å². The maximum Gasteiger partial charge on any atom is 0.573 e. The lowest BCUT2D eigenvalue weighted by Gasteiger charge is -2.19. The molecule has 0 amide bonds. The number of pyridine rings is 1. The van der Waals surface area contributed by atoms with E-state index in [1.165, 1.54) is 12.1 Å². The van der Waals surface area contributed by atoms with E-state index >= 15 is 0 Å². The van der Waals surface area contributed by atoms with Crippen molar-refractivity contribution in [1.82, 2.24) is 9.88 Å². The van der Waals surface area contributed by atoms with Gasteiger partial charge >= 0.3 is 6.36 Å². The predicted molar refractivity (Wildman–Crippen MR) is 130 cm³/mol. The van der Waals surface area contributed by atoms with E-state index in [0.29, 0.717) is 30.4 Å². The van der Waals surface area contributed by atoms with Gasteiger partial charge in [0.05, 0.1) is 6.54 Å². The normalized spacial score (nSPS) is 13.5. The summed E-state index contributed by atoms with van der Waals surface area (Å²) in [5, 5.41) is 0.192. The molecule has 35 heavy (non-hydrogen) atoms. The van der Waals surface area contributed by atoms with Crippen LogP contribution in [0.5, 0.6) is 5.75 Å². The van der Waals surface area contributed by atoms with Crippen LogP contribution < -0.4 is 10.2 Å². The maximum absolute atomic E-state index is 12.6. The number of H-pyrrole nitrogens is 1. The Hall–Kier alpha value is -3.21. The van der Waals surface area contributed by atoms with Crippen molar-refractivity contribution in [2.24, 2.45) is 0 Å². The lowest BCUT2D eigenvalue weighted by molar-refractivity contribution is -0.274. The first kappa shape index (κ1) is 24.9. The first-order valence-corrected chi connectivity index (χ1v) is 11.6. The highest BCUT2D eigenvalue weighted by molar-refractivity contribution is 6.31.